The van der Waals surface area contributed by atoms with Gasteiger partial charge < -0.3 is 11.1 Å². The van der Waals surface area contributed by atoms with E-state index in [2.05, 4.69) is 5.32 Å². The number of benzene rings is 1. The summed E-state index contributed by atoms with van der Waals surface area (Å²) in [6.45, 7) is 3.95. The van der Waals surface area contributed by atoms with Gasteiger partial charge in [0.2, 0.25) is 0 Å². The van der Waals surface area contributed by atoms with Crippen molar-refractivity contribution in [3.05, 3.63) is 34.9 Å². The first-order valence-electron chi connectivity index (χ1n) is 6.72. The molecular formula is C15H22N2O. The van der Waals surface area contributed by atoms with Crippen LogP contribution in [0.3, 0.4) is 0 Å². The van der Waals surface area contributed by atoms with Crippen molar-refractivity contribution in [3.63, 3.8) is 0 Å². The highest BCUT2D eigenvalue weighted by Crippen LogP contribution is 2.19. The first kappa shape index (κ1) is 13.1. The molecule has 0 aromatic heterocycles. The van der Waals surface area contributed by atoms with E-state index in [0.717, 1.165) is 36.0 Å². The molecule has 0 bridgehead atoms. The molecule has 1 aliphatic rings. The molecular weight excluding hydrogens is 224 g/mol. The molecule has 3 heteroatoms. The van der Waals surface area contributed by atoms with E-state index in [1.807, 2.05) is 32.0 Å². The lowest BCUT2D eigenvalue weighted by molar-refractivity contribution is 0.0920. The molecule has 3 N–H and O–H groups in total. The van der Waals surface area contributed by atoms with Gasteiger partial charge >= 0.3 is 0 Å². The standard InChI is InChI=1S/C15H22N2O/c1-10-6-5-7-11(2)14(10)15(18)17-13-9-4-3-8-12(13)16/h5-7,12-13H,3-4,8-9,16H2,1-2H3,(H,17,18). The lowest BCUT2D eigenvalue weighted by Crippen LogP contribution is -2.49. The van der Waals surface area contributed by atoms with Gasteiger partial charge in [-0.15, -0.1) is 0 Å². The van der Waals surface area contributed by atoms with Crippen LogP contribution in [0.25, 0.3) is 0 Å². The third-order valence-corrected chi connectivity index (χ3v) is 3.84. The first-order valence-corrected chi connectivity index (χ1v) is 6.72. The van der Waals surface area contributed by atoms with Gasteiger partial charge in [-0.1, -0.05) is 31.0 Å². The predicted octanol–water partition coefficient (Wildman–Crippen LogP) is 2.30. The maximum atomic E-state index is 12.3. The number of nitrogens with one attached hydrogen (secondary N) is 1. The van der Waals surface area contributed by atoms with E-state index in [4.69, 9.17) is 5.73 Å². The van der Waals surface area contributed by atoms with E-state index in [-0.39, 0.29) is 18.0 Å². The van der Waals surface area contributed by atoms with Gasteiger partial charge in [-0.25, -0.2) is 0 Å². The summed E-state index contributed by atoms with van der Waals surface area (Å²) in [5.74, 6) is 0.0212. The van der Waals surface area contributed by atoms with Gasteiger partial charge in [0, 0.05) is 17.6 Å². The fraction of sp³-hybridized carbons (Fsp3) is 0.533. The highest BCUT2D eigenvalue weighted by molar-refractivity contribution is 5.97. The Bertz CT molecular complexity index is 422. The van der Waals surface area contributed by atoms with E-state index in [9.17, 15) is 4.79 Å². The minimum atomic E-state index is 0.0212. The van der Waals surface area contributed by atoms with E-state index >= 15 is 0 Å². The summed E-state index contributed by atoms with van der Waals surface area (Å²) in [6.07, 6.45) is 4.35. The minimum Gasteiger partial charge on any atom is -0.348 e. The molecule has 1 saturated carbocycles. The Kier molecular flexibility index (Phi) is 4.02. The second kappa shape index (κ2) is 5.53. The van der Waals surface area contributed by atoms with Crippen LogP contribution in [0.5, 0.6) is 0 Å². The quantitative estimate of drug-likeness (QED) is 0.841. The molecule has 1 aromatic rings. The van der Waals surface area contributed by atoms with E-state index in [0.29, 0.717) is 0 Å². The van der Waals surface area contributed by atoms with Crippen LogP contribution >= 0.6 is 0 Å². The van der Waals surface area contributed by atoms with Crippen LogP contribution in [-0.2, 0) is 0 Å². The van der Waals surface area contributed by atoms with Gasteiger partial charge in [0.25, 0.3) is 5.91 Å². The third-order valence-electron chi connectivity index (χ3n) is 3.84. The van der Waals surface area contributed by atoms with Crippen molar-refractivity contribution in [2.24, 2.45) is 5.73 Å². The number of carbonyl (C=O) groups is 1. The Morgan fingerprint density at radius 1 is 1.22 bits per heavy atom. The SMILES string of the molecule is Cc1cccc(C)c1C(=O)NC1CCCCC1N. The number of aryl methyl sites for hydroxylation is 2. The topological polar surface area (TPSA) is 55.1 Å². The first-order chi connectivity index (χ1) is 8.59. The molecule has 1 fully saturated rings. The van der Waals surface area contributed by atoms with E-state index in [1.165, 1.54) is 6.42 Å². The predicted molar refractivity (Wildman–Crippen MR) is 73.6 cm³/mol. The molecule has 0 spiro atoms. The Morgan fingerprint density at radius 3 is 2.44 bits per heavy atom. The molecule has 0 saturated heterocycles. The average molecular weight is 246 g/mol. The van der Waals surface area contributed by atoms with Gasteiger partial charge in [-0.05, 0) is 37.8 Å². The van der Waals surface area contributed by atoms with Crippen LogP contribution in [0.2, 0.25) is 0 Å². The number of nitrogens with two attached hydrogens (primary N) is 1. The van der Waals surface area contributed by atoms with Gasteiger partial charge in [0.05, 0.1) is 0 Å². The van der Waals surface area contributed by atoms with E-state index in [1.54, 1.807) is 0 Å². The summed E-state index contributed by atoms with van der Waals surface area (Å²) < 4.78 is 0. The van der Waals surface area contributed by atoms with Crippen molar-refractivity contribution >= 4 is 5.91 Å². The number of carbonyl (C=O) groups excluding carboxylic acids is 1. The Labute approximate surface area is 109 Å². The fourth-order valence-corrected chi connectivity index (χ4v) is 2.75. The zero-order chi connectivity index (χ0) is 13.1. The van der Waals surface area contributed by atoms with Gasteiger partial charge in [0.1, 0.15) is 0 Å². The Morgan fingerprint density at radius 2 is 1.83 bits per heavy atom. The zero-order valence-corrected chi connectivity index (χ0v) is 11.2. The molecule has 0 radical (unpaired) electrons. The van der Waals surface area contributed by atoms with Crippen LogP contribution in [-0.4, -0.2) is 18.0 Å². The summed E-state index contributed by atoms with van der Waals surface area (Å²) in [5.41, 5.74) is 8.92. The number of rotatable bonds is 2. The minimum absolute atomic E-state index is 0.0212. The van der Waals surface area contributed by atoms with Gasteiger partial charge in [0.15, 0.2) is 0 Å². The van der Waals surface area contributed by atoms with Gasteiger partial charge in [-0.3, -0.25) is 4.79 Å². The summed E-state index contributed by atoms with van der Waals surface area (Å²) in [5, 5.41) is 3.10. The number of hydrogen-bond acceptors (Lipinski definition) is 2. The van der Waals surface area contributed by atoms with Crippen LogP contribution in [0, 0.1) is 13.8 Å². The second-order valence-corrected chi connectivity index (χ2v) is 5.30. The maximum Gasteiger partial charge on any atom is 0.252 e. The molecule has 18 heavy (non-hydrogen) atoms. The third kappa shape index (κ3) is 2.72. The van der Waals surface area contributed by atoms with E-state index < -0.39 is 0 Å². The smallest absolute Gasteiger partial charge is 0.252 e. The molecule has 1 aliphatic carbocycles. The highest BCUT2D eigenvalue weighted by atomic mass is 16.1. The Hall–Kier alpha value is -1.35. The molecule has 2 rings (SSSR count). The number of amides is 1. The summed E-state index contributed by atoms with van der Waals surface area (Å²) in [4.78, 5) is 12.3. The lowest BCUT2D eigenvalue weighted by Gasteiger charge is -2.29. The highest BCUT2D eigenvalue weighted by Gasteiger charge is 2.24. The van der Waals surface area contributed by atoms with Crippen molar-refractivity contribution in [1.82, 2.24) is 5.32 Å². The van der Waals surface area contributed by atoms with Crippen LogP contribution in [0.15, 0.2) is 18.2 Å². The van der Waals surface area contributed by atoms with Gasteiger partial charge in [-0.2, -0.15) is 0 Å². The molecule has 98 valence electrons. The van der Waals surface area contributed by atoms with Crippen LogP contribution < -0.4 is 11.1 Å². The zero-order valence-electron chi connectivity index (χ0n) is 11.2. The van der Waals surface area contributed by atoms with Crippen molar-refractivity contribution in [3.8, 4) is 0 Å². The molecule has 0 aliphatic heterocycles. The van der Waals surface area contributed by atoms with Crippen LogP contribution in [0.1, 0.15) is 47.2 Å². The molecule has 1 amide bonds. The second-order valence-electron chi connectivity index (χ2n) is 5.30. The molecule has 2 unspecified atom stereocenters. The summed E-state index contributed by atoms with van der Waals surface area (Å²) in [6, 6.07) is 6.16. The molecule has 1 aromatic carbocycles. The largest absolute Gasteiger partial charge is 0.348 e. The normalized spacial score (nSPS) is 23.7. The maximum absolute atomic E-state index is 12.3. The average Bonchev–Trinajstić information content (AvgIpc) is 2.32. The molecule has 3 nitrogen and oxygen atoms in total. The van der Waals surface area contributed by atoms with Crippen molar-refractivity contribution in [2.75, 3.05) is 0 Å². The monoisotopic (exact) mass is 246 g/mol. The summed E-state index contributed by atoms with van der Waals surface area (Å²) >= 11 is 0. The molecule has 2 atom stereocenters. The molecule has 0 heterocycles. The van der Waals surface area contributed by atoms with Crippen molar-refractivity contribution < 1.29 is 4.79 Å². The number of hydrogen-bond donors (Lipinski definition) is 2. The van der Waals surface area contributed by atoms with Crippen molar-refractivity contribution in [1.29, 1.82) is 0 Å². The Balaban J connectivity index is 2.12. The van der Waals surface area contributed by atoms with Crippen LogP contribution in [0.4, 0.5) is 0 Å². The summed E-state index contributed by atoms with van der Waals surface area (Å²) in [7, 11) is 0. The van der Waals surface area contributed by atoms with Crippen molar-refractivity contribution in [2.45, 2.75) is 51.6 Å². The lowest BCUT2D eigenvalue weighted by atomic mass is 9.90. The fourth-order valence-electron chi connectivity index (χ4n) is 2.75.